The maximum absolute atomic E-state index is 10.3. The second-order valence-electron chi connectivity index (χ2n) is 4.25. The van der Waals surface area contributed by atoms with Crippen LogP contribution in [-0.2, 0) is 0 Å². The Morgan fingerprint density at radius 1 is 1.40 bits per heavy atom. The van der Waals surface area contributed by atoms with Gasteiger partial charge in [-0.2, -0.15) is 5.26 Å². The summed E-state index contributed by atoms with van der Waals surface area (Å²) in [5, 5.41) is 21.5. The predicted octanol–water partition coefficient (Wildman–Crippen LogP) is 3.26. The van der Waals surface area contributed by atoms with E-state index in [2.05, 4.69) is 6.07 Å². The number of aliphatic hydroxyl groups is 1. The van der Waals surface area contributed by atoms with E-state index in [4.69, 9.17) is 0 Å². The van der Waals surface area contributed by atoms with E-state index < -0.39 is 11.5 Å². The molecule has 1 aromatic rings. The van der Waals surface area contributed by atoms with Gasteiger partial charge in [-0.25, -0.2) is 0 Å². The van der Waals surface area contributed by atoms with Gasteiger partial charge in [0, 0.05) is 4.88 Å². The van der Waals surface area contributed by atoms with E-state index >= 15 is 0 Å². The van der Waals surface area contributed by atoms with Crippen LogP contribution < -0.4 is 0 Å². The van der Waals surface area contributed by atoms with E-state index in [9.17, 15) is 10.4 Å². The number of nitrogens with zero attached hydrogens (tertiary/aromatic N) is 1. The smallest absolute Gasteiger partial charge is 0.107 e. The van der Waals surface area contributed by atoms with Crippen LogP contribution in [-0.4, -0.2) is 5.11 Å². The Balaban J connectivity index is 2.23. The number of nitriles is 1. The fourth-order valence-corrected chi connectivity index (χ4v) is 3.17. The highest BCUT2D eigenvalue weighted by atomic mass is 32.1. The Labute approximate surface area is 94.2 Å². The Morgan fingerprint density at radius 3 is 2.67 bits per heavy atom. The lowest BCUT2D eigenvalue weighted by Crippen LogP contribution is -2.29. The molecule has 1 saturated carbocycles. The molecular formula is C12H15NOS. The number of hydrogen-bond donors (Lipinski definition) is 1. The Bertz CT molecular complexity index is 346. The van der Waals surface area contributed by atoms with Gasteiger partial charge in [-0.3, -0.25) is 0 Å². The Hall–Kier alpha value is -0.850. The van der Waals surface area contributed by atoms with Gasteiger partial charge in [-0.05, 0) is 24.3 Å². The first kappa shape index (κ1) is 10.7. The highest BCUT2D eigenvalue weighted by molar-refractivity contribution is 7.10. The molecule has 2 rings (SSSR count). The third-order valence-corrected chi connectivity index (χ3v) is 4.23. The molecule has 1 aromatic heterocycles. The van der Waals surface area contributed by atoms with E-state index in [1.165, 1.54) is 17.8 Å². The zero-order valence-corrected chi connectivity index (χ0v) is 9.46. The number of hydrogen-bond acceptors (Lipinski definition) is 3. The van der Waals surface area contributed by atoms with Crippen LogP contribution in [0.25, 0.3) is 0 Å². The van der Waals surface area contributed by atoms with Crippen LogP contribution in [0, 0.1) is 16.7 Å². The minimum atomic E-state index is -0.595. The summed E-state index contributed by atoms with van der Waals surface area (Å²) in [4.78, 5) is 0.929. The normalized spacial score (nSPS) is 21.9. The molecule has 0 bridgehead atoms. The quantitative estimate of drug-likeness (QED) is 0.833. The third-order valence-electron chi connectivity index (χ3n) is 3.30. The summed E-state index contributed by atoms with van der Waals surface area (Å²) in [7, 11) is 0. The number of rotatable bonds is 2. The van der Waals surface area contributed by atoms with Crippen LogP contribution in [0.5, 0.6) is 0 Å². The first-order valence-electron chi connectivity index (χ1n) is 5.41. The predicted molar refractivity (Wildman–Crippen MR) is 60.4 cm³/mol. The van der Waals surface area contributed by atoms with Gasteiger partial charge in [-0.1, -0.05) is 25.3 Å². The van der Waals surface area contributed by atoms with Gasteiger partial charge in [-0.15, -0.1) is 11.3 Å². The molecule has 80 valence electrons. The summed E-state index contributed by atoms with van der Waals surface area (Å²) < 4.78 is 0. The number of aliphatic hydroxyl groups excluding tert-OH is 1. The second-order valence-corrected chi connectivity index (χ2v) is 5.23. The molecule has 0 spiro atoms. The second kappa shape index (κ2) is 4.34. The lowest BCUT2D eigenvalue weighted by molar-refractivity contribution is 0.0387. The van der Waals surface area contributed by atoms with E-state index in [0.717, 1.165) is 30.6 Å². The Morgan fingerprint density at radius 2 is 2.13 bits per heavy atom. The molecule has 1 N–H and O–H groups in total. The van der Waals surface area contributed by atoms with Crippen LogP contribution >= 0.6 is 11.3 Å². The van der Waals surface area contributed by atoms with Gasteiger partial charge in [0.05, 0.1) is 11.5 Å². The average Bonchev–Trinajstić information content (AvgIpc) is 2.82. The van der Waals surface area contributed by atoms with Gasteiger partial charge < -0.3 is 5.11 Å². The highest BCUT2D eigenvalue weighted by Gasteiger charge is 2.40. The van der Waals surface area contributed by atoms with Crippen molar-refractivity contribution in [3.63, 3.8) is 0 Å². The highest BCUT2D eigenvalue weighted by Crippen LogP contribution is 2.46. The minimum Gasteiger partial charge on any atom is -0.386 e. The third kappa shape index (κ3) is 1.92. The fourth-order valence-electron chi connectivity index (χ4n) is 2.35. The monoisotopic (exact) mass is 221 g/mol. The van der Waals surface area contributed by atoms with Crippen molar-refractivity contribution < 1.29 is 5.11 Å². The first-order chi connectivity index (χ1) is 7.28. The lowest BCUT2D eigenvalue weighted by Gasteiger charge is -2.34. The molecule has 1 atom stereocenters. The largest absolute Gasteiger partial charge is 0.386 e. The summed E-state index contributed by atoms with van der Waals surface area (Å²) in [6, 6.07) is 6.21. The first-order valence-corrected chi connectivity index (χ1v) is 6.29. The maximum atomic E-state index is 10.3. The zero-order valence-electron chi connectivity index (χ0n) is 8.65. The van der Waals surface area contributed by atoms with Crippen molar-refractivity contribution >= 4 is 11.3 Å². The van der Waals surface area contributed by atoms with Crippen molar-refractivity contribution in [1.29, 1.82) is 5.26 Å². The molecule has 3 heteroatoms. The topological polar surface area (TPSA) is 44.0 Å². The molecule has 0 aliphatic heterocycles. The van der Waals surface area contributed by atoms with E-state index in [1.807, 2.05) is 17.5 Å². The van der Waals surface area contributed by atoms with Crippen LogP contribution in [0.2, 0.25) is 0 Å². The van der Waals surface area contributed by atoms with Crippen molar-refractivity contribution in [3.05, 3.63) is 22.4 Å². The minimum absolute atomic E-state index is 0.525. The maximum Gasteiger partial charge on any atom is 0.107 e. The Kier molecular flexibility index (Phi) is 3.08. The SMILES string of the molecule is N#CC1(C(O)c2cccs2)CCCCC1. The van der Waals surface area contributed by atoms with Crippen molar-refractivity contribution in [2.45, 2.75) is 38.2 Å². The molecule has 2 nitrogen and oxygen atoms in total. The molecule has 0 amide bonds. The summed E-state index contributed by atoms with van der Waals surface area (Å²) in [6.45, 7) is 0. The molecule has 15 heavy (non-hydrogen) atoms. The van der Waals surface area contributed by atoms with E-state index in [0.29, 0.717) is 0 Å². The summed E-state index contributed by atoms with van der Waals surface area (Å²) >= 11 is 1.54. The van der Waals surface area contributed by atoms with Crippen molar-refractivity contribution in [2.24, 2.45) is 5.41 Å². The van der Waals surface area contributed by atoms with E-state index in [1.54, 1.807) is 0 Å². The van der Waals surface area contributed by atoms with Gasteiger partial charge in [0.15, 0.2) is 0 Å². The molecular weight excluding hydrogens is 206 g/mol. The van der Waals surface area contributed by atoms with Gasteiger partial charge in [0.2, 0.25) is 0 Å². The van der Waals surface area contributed by atoms with Crippen LogP contribution in [0.4, 0.5) is 0 Å². The van der Waals surface area contributed by atoms with Crippen LogP contribution in [0.1, 0.15) is 43.1 Å². The van der Waals surface area contributed by atoms with Crippen LogP contribution in [0.3, 0.4) is 0 Å². The van der Waals surface area contributed by atoms with Gasteiger partial charge in [0.1, 0.15) is 6.10 Å². The van der Waals surface area contributed by atoms with Crippen molar-refractivity contribution in [1.82, 2.24) is 0 Å². The molecule has 0 radical (unpaired) electrons. The van der Waals surface area contributed by atoms with Gasteiger partial charge in [0.25, 0.3) is 0 Å². The lowest BCUT2D eigenvalue weighted by atomic mass is 9.71. The van der Waals surface area contributed by atoms with E-state index in [-0.39, 0.29) is 0 Å². The van der Waals surface area contributed by atoms with Crippen molar-refractivity contribution in [3.8, 4) is 6.07 Å². The summed E-state index contributed by atoms with van der Waals surface area (Å²) in [6.07, 6.45) is 4.40. The average molecular weight is 221 g/mol. The molecule has 1 aliphatic rings. The molecule has 1 heterocycles. The van der Waals surface area contributed by atoms with Crippen LogP contribution in [0.15, 0.2) is 17.5 Å². The molecule has 0 saturated heterocycles. The number of thiophene rings is 1. The molecule has 1 unspecified atom stereocenters. The van der Waals surface area contributed by atoms with Gasteiger partial charge >= 0.3 is 0 Å². The summed E-state index contributed by atoms with van der Waals surface area (Å²) in [5.74, 6) is 0. The fraction of sp³-hybridized carbons (Fsp3) is 0.583. The standard InChI is InChI=1S/C12H15NOS/c13-9-12(6-2-1-3-7-12)11(14)10-5-4-8-15-10/h4-5,8,11,14H,1-3,6-7H2. The van der Waals surface area contributed by atoms with Crippen molar-refractivity contribution in [2.75, 3.05) is 0 Å². The molecule has 1 aliphatic carbocycles. The molecule has 0 aromatic carbocycles. The molecule has 1 fully saturated rings. The summed E-state index contributed by atoms with van der Waals surface area (Å²) in [5.41, 5.74) is -0.525. The zero-order chi connectivity index (χ0) is 10.7.